The number of rotatable bonds is 14. The van der Waals surface area contributed by atoms with Crippen molar-refractivity contribution in [3.8, 4) is 0 Å². The van der Waals surface area contributed by atoms with Gasteiger partial charge in [0.1, 0.15) is 22.4 Å². The fraction of sp³-hybridized carbons (Fsp3) is 0.590. The van der Waals surface area contributed by atoms with Crippen molar-refractivity contribution < 1.29 is 63.8 Å². The minimum absolute atomic E-state index is 0.215. The number of hydrogen-bond acceptors (Lipinski definition) is 13. The van der Waals surface area contributed by atoms with E-state index in [4.69, 9.17) is 49.2 Å². The molecular formula is C61H96O13. The molecular weight excluding hydrogens is 941 g/mol. The maximum Gasteiger partial charge on any atom is 0.373 e. The molecule has 1 N–H and O–H groups in total. The van der Waals surface area contributed by atoms with Gasteiger partial charge in [0.05, 0.1) is 28.0 Å². The Morgan fingerprint density at radius 2 is 0.730 bits per heavy atom. The van der Waals surface area contributed by atoms with Gasteiger partial charge in [-0.2, -0.15) is 14.7 Å². The highest BCUT2D eigenvalue weighted by Gasteiger charge is 2.45. The third-order valence-corrected chi connectivity index (χ3v) is 10.0. The van der Waals surface area contributed by atoms with Gasteiger partial charge in [0.2, 0.25) is 5.79 Å². The molecule has 0 radical (unpaired) electrons. The van der Waals surface area contributed by atoms with Crippen molar-refractivity contribution in [3.05, 3.63) is 144 Å². The lowest BCUT2D eigenvalue weighted by Gasteiger charge is -2.41. The van der Waals surface area contributed by atoms with Crippen LogP contribution in [0.25, 0.3) is 0 Å². The van der Waals surface area contributed by atoms with Gasteiger partial charge in [-0.05, 0) is 187 Å². The van der Waals surface area contributed by atoms with E-state index in [1.54, 1.807) is 24.3 Å². The highest BCUT2D eigenvalue weighted by atomic mass is 17.3. The first-order valence-electron chi connectivity index (χ1n) is 25.7. The van der Waals surface area contributed by atoms with Crippen molar-refractivity contribution in [2.24, 2.45) is 5.92 Å². The normalized spacial score (nSPS) is 15.3. The number of carbonyl (C=O) groups excluding carboxylic acids is 1. The molecule has 1 unspecified atom stereocenters. The van der Waals surface area contributed by atoms with Crippen LogP contribution < -0.4 is 0 Å². The summed E-state index contributed by atoms with van der Waals surface area (Å²) in [6.45, 7) is 42.7. The predicted molar refractivity (Wildman–Crippen MR) is 293 cm³/mol. The predicted octanol–water partition coefficient (Wildman–Crippen LogP) is 16.7. The van der Waals surface area contributed by atoms with Crippen LogP contribution in [0.3, 0.4) is 0 Å². The Bertz CT molecular complexity index is 2010. The molecule has 5 rings (SSSR count). The van der Waals surface area contributed by atoms with Crippen molar-refractivity contribution in [2.75, 3.05) is 0 Å². The maximum absolute atomic E-state index is 11.3. The van der Waals surface area contributed by atoms with Crippen molar-refractivity contribution in [1.29, 1.82) is 0 Å². The summed E-state index contributed by atoms with van der Waals surface area (Å²) >= 11 is 0. The average molecular weight is 1040 g/mol. The van der Waals surface area contributed by atoms with Gasteiger partial charge in [-0.1, -0.05) is 123 Å². The van der Waals surface area contributed by atoms with Crippen LogP contribution in [0, 0.1) is 5.92 Å². The largest absolute Gasteiger partial charge is 0.373 e. The third-order valence-electron chi connectivity index (χ3n) is 10.0. The quantitative estimate of drug-likeness (QED) is 0.0729. The maximum atomic E-state index is 11.3. The molecule has 1 saturated carbocycles. The Morgan fingerprint density at radius 3 is 1.03 bits per heavy atom. The molecule has 418 valence electrons. The van der Waals surface area contributed by atoms with E-state index in [0.717, 1.165) is 36.0 Å². The molecule has 1 fully saturated rings. The van der Waals surface area contributed by atoms with Gasteiger partial charge < -0.3 is 0 Å². The van der Waals surface area contributed by atoms with Crippen LogP contribution in [0.1, 0.15) is 205 Å². The first-order chi connectivity index (χ1) is 33.8. The van der Waals surface area contributed by atoms with E-state index in [2.05, 4.69) is 16.7 Å². The lowest BCUT2D eigenvalue weighted by Crippen LogP contribution is -2.47. The van der Waals surface area contributed by atoms with Gasteiger partial charge in [0.25, 0.3) is 0 Å². The Balaban J connectivity index is 0.000000475. The minimum atomic E-state index is -0.793. The summed E-state index contributed by atoms with van der Waals surface area (Å²) in [5.41, 5.74) is 0.379. The van der Waals surface area contributed by atoms with E-state index in [1.807, 2.05) is 242 Å². The smallest absolute Gasteiger partial charge is 0.292 e. The molecule has 4 aromatic carbocycles. The summed E-state index contributed by atoms with van der Waals surface area (Å²) in [7, 11) is 0. The topological polar surface area (TPSA) is 139 Å². The molecule has 0 aromatic heterocycles. The van der Waals surface area contributed by atoms with Crippen molar-refractivity contribution >= 4 is 5.97 Å². The lowest BCUT2D eigenvalue weighted by atomic mass is 9.85. The monoisotopic (exact) mass is 1040 g/mol. The SMILES string of the molecule is CC(C)(C)OOC(=O)c1ccccc1.CC(C)(C)OOC(C)(C)C.CC(C)(OO)c1ccccc1.CC(C)(OOC(C)(C)c1ccccc1)c1ccccc1.CC1CCCCC1(OOC(C)(C)C)OOC(C)(C)C. The second-order valence-electron chi connectivity index (χ2n) is 24.7. The molecule has 0 heterocycles. The second kappa shape index (κ2) is 30.0. The summed E-state index contributed by atoms with van der Waals surface area (Å²) in [5, 5.41) is 8.55. The van der Waals surface area contributed by atoms with Gasteiger partial charge >= 0.3 is 5.97 Å². The van der Waals surface area contributed by atoms with Crippen molar-refractivity contribution in [1.82, 2.24) is 0 Å². The molecule has 4 aromatic rings. The lowest BCUT2D eigenvalue weighted by molar-refractivity contribution is -0.554. The molecule has 0 saturated heterocycles. The van der Waals surface area contributed by atoms with Crippen LogP contribution in [0.4, 0.5) is 0 Å². The number of carbonyl (C=O) groups is 1. The summed E-state index contributed by atoms with van der Waals surface area (Å²) in [4.78, 5) is 69.3. The molecule has 0 spiro atoms. The third kappa shape index (κ3) is 29.9. The van der Waals surface area contributed by atoms with E-state index in [0.29, 0.717) is 5.56 Å². The van der Waals surface area contributed by atoms with Crippen molar-refractivity contribution in [2.45, 2.75) is 229 Å². The van der Waals surface area contributed by atoms with Gasteiger partial charge in [-0.3, -0.25) is 10.1 Å². The first kappa shape index (κ1) is 67.9. The molecule has 74 heavy (non-hydrogen) atoms. The molecule has 13 heteroatoms. The molecule has 0 amide bonds. The molecule has 13 nitrogen and oxygen atoms in total. The molecule has 0 bridgehead atoms. The molecule has 1 aliphatic rings. The number of benzene rings is 4. The fourth-order valence-electron chi connectivity index (χ4n) is 5.85. The van der Waals surface area contributed by atoms with Gasteiger partial charge in [-0.15, -0.1) is 0 Å². The number of hydrogen-bond donors (Lipinski definition) is 1. The Morgan fingerprint density at radius 1 is 0.419 bits per heavy atom. The van der Waals surface area contributed by atoms with Crippen LogP contribution in [-0.4, -0.2) is 45.0 Å². The zero-order valence-corrected chi connectivity index (χ0v) is 49.3. The Hall–Kier alpha value is -4.09. The van der Waals surface area contributed by atoms with Crippen LogP contribution in [0.5, 0.6) is 0 Å². The van der Waals surface area contributed by atoms with E-state index in [1.165, 1.54) is 6.42 Å². The van der Waals surface area contributed by atoms with Gasteiger partial charge in [-0.25, -0.2) is 39.0 Å². The van der Waals surface area contributed by atoms with Crippen molar-refractivity contribution in [3.63, 3.8) is 0 Å². The standard InChI is InChI=1S/C18H22O2.C15H30O4.C11H14O3.C9H12O2.C8H18O2/c1-17(2,15-11-7-5-8-12-15)19-20-18(3,4)16-13-9-6-10-14-16;1-12-10-8-9-11-15(12,18-16-13(2,3)4)19-17-14(5,6)7;1-11(2,3)14-13-10(12)9-7-5-4-6-8-9;1-9(2,11-10)8-6-4-3-5-7-8;1-7(2,3)9-10-8(4,5)6/h5-14H,1-4H3;12H,8-11H2,1-7H3;4-8H,1-3H3;3-7,10H,1-2H3;1-6H3. The van der Waals surface area contributed by atoms with Crippen LogP contribution >= 0.6 is 0 Å². The zero-order chi connectivity index (χ0) is 56.7. The Labute approximate surface area is 446 Å². The summed E-state index contributed by atoms with van der Waals surface area (Å²) in [6.07, 6.45) is 4.10. The molecule has 1 aliphatic carbocycles. The zero-order valence-electron chi connectivity index (χ0n) is 49.3. The fourth-order valence-corrected chi connectivity index (χ4v) is 5.85. The molecule has 0 aliphatic heterocycles. The van der Waals surface area contributed by atoms with E-state index >= 15 is 0 Å². The first-order valence-corrected chi connectivity index (χ1v) is 25.7. The highest BCUT2D eigenvalue weighted by molar-refractivity contribution is 5.88. The second-order valence-corrected chi connectivity index (χ2v) is 24.7. The van der Waals surface area contributed by atoms with Gasteiger partial charge in [0, 0.05) is 12.3 Å². The summed E-state index contributed by atoms with van der Waals surface area (Å²) < 4.78 is 0. The van der Waals surface area contributed by atoms with E-state index < -0.39 is 34.2 Å². The van der Waals surface area contributed by atoms with Crippen LogP contribution in [0.15, 0.2) is 121 Å². The van der Waals surface area contributed by atoms with Crippen LogP contribution in [0.2, 0.25) is 0 Å². The summed E-state index contributed by atoms with van der Waals surface area (Å²) in [6, 6.07) is 38.5. The highest BCUT2D eigenvalue weighted by Crippen LogP contribution is 2.40. The minimum Gasteiger partial charge on any atom is -0.292 e. The van der Waals surface area contributed by atoms with E-state index in [-0.39, 0.29) is 28.3 Å². The molecule has 1 atom stereocenters. The Kier molecular flexibility index (Phi) is 27.5. The van der Waals surface area contributed by atoms with Gasteiger partial charge in [0.15, 0.2) is 0 Å². The summed E-state index contributed by atoms with van der Waals surface area (Å²) in [5.74, 6) is -1.02. The van der Waals surface area contributed by atoms with E-state index in [9.17, 15) is 4.79 Å². The average Bonchev–Trinajstić information content (AvgIpc) is 3.32. The van der Waals surface area contributed by atoms with Crippen LogP contribution in [-0.2, 0) is 70.6 Å².